The number of nitrogens with zero attached hydrogens (tertiary/aromatic N) is 1. The van der Waals surface area contributed by atoms with Crippen LogP contribution in [0.3, 0.4) is 0 Å². The summed E-state index contributed by atoms with van der Waals surface area (Å²) in [5.41, 5.74) is 8.41. The second-order valence-electron chi connectivity index (χ2n) is 11.1. The maximum Gasteiger partial charge on any atom is 0.135 e. The first kappa shape index (κ1) is 37.9. The van der Waals surface area contributed by atoms with E-state index in [1.807, 2.05) is 111 Å². The van der Waals surface area contributed by atoms with E-state index in [9.17, 15) is 0 Å². The highest BCUT2D eigenvalue weighted by Crippen LogP contribution is 2.28. The Hall–Kier alpha value is -5.54. The zero-order valence-corrected chi connectivity index (χ0v) is 29.7. The number of benzene rings is 3. The van der Waals surface area contributed by atoms with Crippen molar-refractivity contribution in [2.75, 3.05) is 0 Å². The van der Waals surface area contributed by atoms with Gasteiger partial charge in [0.2, 0.25) is 0 Å². The van der Waals surface area contributed by atoms with Crippen LogP contribution in [0.5, 0.6) is 0 Å². The van der Waals surface area contributed by atoms with Gasteiger partial charge in [0, 0.05) is 10.9 Å². The van der Waals surface area contributed by atoms with Gasteiger partial charge in [0.05, 0.1) is 11.4 Å². The molecule has 2 aliphatic carbocycles. The summed E-state index contributed by atoms with van der Waals surface area (Å²) in [7, 11) is 0. The van der Waals surface area contributed by atoms with E-state index in [4.69, 9.17) is 9.83 Å². The Morgan fingerprint density at radius 1 is 0.796 bits per heavy atom. The SMILES string of the molecule is C=N/C(=C\C(=N)c1ccc(C2=C/C=C/C=C/c3c(oc4ccccc34)/C=C/C=C\2)cc1)C1=CCCC=C1.CC.CCC.Cc1ccccc1. The zero-order valence-electron chi connectivity index (χ0n) is 29.7. The van der Waals surface area contributed by atoms with Crippen molar-refractivity contribution in [3.8, 4) is 0 Å². The summed E-state index contributed by atoms with van der Waals surface area (Å²) in [6, 6.07) is 26.4. The van der Waals surface area contributed by atoms with Crippen LogP contribution in [-0.4, -0.2) is 12.4 Å². The van der Waals surface area contributed by atoms with Gasteiger partial charge in [0.25, 0.3) is 0 Å². The van der Waals surface area contributed by atoms with Gasteiger partial charge < -0.3 is 9.83 Å². The Labute approximate surface area is 294 Å². The minimum atomic E-state index is 0.409. The molecule has 0 saturated heterocycles. The van der Waals surface area contributed by atoms with Crippen LogP contribution in [-0.2, 0) is 0 Å². The maximum absolute atomic E-state index is 8.58. The lowest BCUT2D eigenvalue weighted by Gasteiger charge is -2.09. The Kier molecular flexibility index (Phi) is 16.5. The number of para-hydroxylation sites is 1. The number of rotatable bonds is 5. The Bertz CT molecular complexity index is 1890. The molecule has 1 heterocycles. The molecule has 0 bridgehead atoms. The quantitative estimate of drug-likeness (QED) is 0.216. The lowest BCUT2D eigenvalue weighted by Crippen LogP contribution is -1.98. The fourth-order valence-corrected chi connectivity index (χ4v) is 4.93. The average molecular weight is 647 g/mol. The third kappa shape index (κ3) is 11.9. The van der Waals surface area contributed by atoms with Crippen molar-refractivity contribution >= 4 is 41.1 Å². The Balaban J connectivity index is 0.000000465. The minimum absolute atomic E-state index is 0.409. The fourth-order valence-electron chi connectivity index (χ4n) is 4.93. The first-order valence-electron chi connectivity index (χ1n) is 17.2. The van der Waals surface area contributed by atoms with Gasteiger partial charge >= 0.3 is 0 Å². The van der Waals surface area contributed by atoms with Gasteiger partial charge in [-0.25, -0.2) is 0 Å². The molecule has 250 valence electrons. The van der Waals surface area contributed by atoms with Gasteiger partial charge in [-0.3, -0.25) is 4.99 Å². The van der Waals surface area contributed by atoms with Crippen molar-refractivity contribution in [3.05, 3.63) is 185 Å². The molecule has 49 heavy (non-hydrogen) atoms. The molecule has 0 aliphatic heterocycles. The molecule has 0 spiro atoms. The third-order valence-electron chi connectivity index (χ3n) is 7.27. The zero-order chi connectivity index (χ0) is 35.3. The van der Waals surface area contributed by atoms with Gasteiger partial charge in [0.15, 0.2) is 0 Å². The van der Waals surface area contributed by atoms with Crippen LogP contribution >= 0.6 is 0 Å². The molecular formula is C46H50N2O. The Morgan fingerprint density at radius 3 is 2.12 bits per heavy atom. The van der Waals surface area contributed by atoms with Gasteiger partial charge in [-0.2, -0.15) is 0 Å². The van der Waals surface area contributed by atoms with Crippen LogP contribution in [0.2, 0.25) is 0 Å². The van der Waals surface area contributed by atoms with Crippen LogP contribution in [0, 0.1) is 12.3 Å². The highest BCUT2D eigenvalue weighted by Gasteiger charge is 2.09. The first-order chi connectivity index (χ1) is 24.0. The van der Waals surface area contributed by atoms with Gasteiger partial charge in [-0.15, -0.1) is 0 Å². The van der Waals surface area contributed by atoms with Crippen molar-refractivity contribution < 1.29 is 4.42 Å². The summed E-state index contributed by atoms with van der Waals surface area (Å²) in [6.07, 6.45) is 29.8. The second-order valence-corrected chi connectivity index (χ2v) is 11.1. The minimum Gasteiger partial charge on any atom is -0.456 e. The van der Waals surface area contributed by atoms with Crippen LogP contribution < -0.4 is 0 Å². The van der Waals surface area contributed by atoms with Crippen LogP contribution in [0.25, 0.3) is 28.7 Å². The molecule has 3 nitrogen and oxygen atoms in total. The number of aliphatic imine (C=N–C) groups is 1. The fraction of sp³-hybridized carbons (Fsp3) is 0.174. The van der Waals surface area contributed by atoms with E-state index >= 15 is 0 Å². The molecule has 0 atom stereocenters. The van der Waals surface area contributed by atoms with Crippen molar-refractivity contribution in [1.82, 2.24) is 0 Å². The van der Waals surface area contributed by atoms with Crippen molar-refractivity contribution in [3.63, 3.8) is 0 Å². The summed E-state index contributed by atoms with van der Waals surface area (Å²) in [4.78, 5) is 4.15. The third-order valence-corrected chi connectivity index (χ3v) is 7.27. The predicted molar refractivity (Wildman–Crippen MR) is 216 cm³/mol. The molecule has 2 aliphatic rings. The molecule has 1 aromatic heterocycles. The number of hydrogen-bond acceptors (Lipinski definition) is 3. The predicted octanol–water partition coefficient (Wildman–Crippen LogP) is 13.3. The average Bonchev–Trinajstić information content (AvgIpc) is 3.49. The number of allylic oxidation sites excluding steroid dienone is 12. The molecule has 6 rings (SSSR count). The van der Waals surface area contributed by atoms with Gasteiger partial charge in [-0.05, 0) is 67.0 Å². The normalized spacial score (nSPS) is 17.1. The van der Waals surface area contributed by atoms with E-state index in [0.717, 1.165) is 63.1 Å². The van der Waals surface area contributed by atoms with Crippen LogP contribution in [0.4, 0.5) is 0 Å². The molecule has 3 heteroatoms. The Morgan fingerprint density at radius 2 is 1.47 bits per heavy atom. The van der Waals surface area contributed by atoms with Crippen molar-refractivity contribution in [2.24, 2.45) is 4.99 Å². The van der Waals surface area contributed by atoms with E-state index < -0.39 is 0 Å². The molecular weight excluding hydrogens is 597 g/mol. The van der Waals surface area contributed by atoms with Crippen molar-refractivity contribution in [2.45, 2.75) is 53.9 Å². The molecule has 0 radical (unpaired) electrons. The summed E-state index contributed by atoms with van der Waals surface area (Å²) in [5.74, 6) is 0.838. The molecule has 0 saturated carbocycles. The van der Waals surface area contributed by atoms with E-state index in [1.54, 1.807) is 6.08 Å². The molecule has 3 aromatic carbocycles. The maximum atomic E-state index is 8.58. The topological polar surface area (TPSA) is 49.4 Å². The van der Waals surface area contributed by atoms with Crippen LogP contribution in [0.1, 0.15) is 75.0 Å². The lowest BCUT2D eigenvalue weighted by atomic mass is 9.99. The standard InChI is InChI=1S/C34H28N2O.C7H8.C3H8.C2H6/c1-36-32(28-14-5-2-6-15-28)24-31(35)27-22-20-26(21-23-27)25-12-4-3-7-16-29-30-17-9-11-19-34(30)37-33(29)18-10-8-13-25;1-7-5-3-2-4-6-7;1-3-2;1-2/h3-5,7-24,35H,1-2,6H2;2-6H,1H3;3H2,1-2H3;1-2H3/b4-3+,7-3?,10-8?,12-4?,13-8-,16-7+,18-10+,25-12+,25-13?,29-16?,32-24-,33-18?,35-31?;;;. The summed E-state index contributed by atoms with van der Waals surface area (Å²) < 4.78 is 6.06. The molecule has 0 fully saturated rings. The number of aryl methyl sites for hydroxylation is 1. The van der Waals surface area contributed by atoms with E-state index in [2.05, 4.69) is 87.1 Å². The van der Waals surface area contributed by atoms with Crippen LogP contribution in [0.15, 0.2) is 166 Å². The van der Waals surface area contributed by atoms with E-state index in [1.165, 1.54) is 12.0 Å². The summed E-state index contributed by atoms with van der Waals surface area (Å²) in [6.45, 7) is 14.0. The smallest absolute Gasteiger partial charge is 0.135 e. The van der Waals surface area contributed by atoms with Gasteiger partial charge in [-0.1, -0.05) is 179 Å². The number of nitrogens with one attached hydrogen (secondary N) is 1. The number of furan rings is 1. The highest BCUT2D eigenvalue weighted by atomic mass is 16.3. The molecule has 4 aromatic rings. The largest absolute Gasteiger partial charge is 0.456 e. The number of fused-ring (bicyclic) bond motifs is 3. The highest BCUT2D eigenvalue weighted by molar-refractivity contribution is 6.07. The molecule has 0 amide bonds. The second kappa shape index (κ2) is 21.4. The van der Waals surface area contributed by atoms with Crippen molar-refractivity contribution in [1.29, 1.82) is 5.41 Å². The first-order valence-corrected chi connectivity index (χ1v) is 17.2. The van der Waals surface area contributed by atoms with Gasteiger partial charge in [0.1, 0.15) is 11.3 Å². The monoisotopic (exact) mass is 646 g/mol. The summed E-state index contributed by atoms with van der Waals surface area (Å²) >= 11 is 0. The number of hydrogen-bond donors (Lipinski definition) is 1. The molecule has 1 N–H and O–H groups in total. The lowest BCUT2D eigenvalue weighted by molar-refractivity contribution is 0.603. The van der Waals surface area contributed by atoms with E-state index in [0.29, 0.717) is 5.71 Å². The summed E-state index contributed by atoms with van der Waals surface area (Å²) in [5, 5.41) is 9.68. The van der Waals surface area contributed by atoms with E-state index in [-0.39, 0.29) is 0 Å². The molecule has 0 unspecified atom stereocenters.